The number of hydrogen-bond donors (Lipinski definition) is 1. The number of methoxy groups -OCH3 is 1. The molecule has 5 nitrogen and oxygen atoms in total. The van der Waals surface area contributed by atoms with Gasteiger partial charge in [0.2, 0.25) is 0 Å². The summed E-state index contributed by atoms with van der Waals surface area (Å²) in [6.07, 6.45) is 0.710. The average molecular weight is 335 g/mol. The van der Waals surface area contributed by atoms with Crippen LogP contribution in [0.3, 0.4) is 0 Å². The summed E-state index contributed by atoms with van der Waals surface area (Å²) in [6, 6.07) is 18.4. The zero-order valence-corrected chi connectivity index (χ0v) is 13.7. The van der Waals surface area contributed by atoms with Crippen molar-refractivity contribution in [1.29, 1.82) is 0 Å². The van der Waals surface area contributed by atoms with Crippen LogP contribution in [0.5, 0.6) is 11.5 Å². The van der Waals surface area contributed by atoms with E-state index in [1.807, 2.05) is 42.5 Å². The maximum Gasteiger partial charge on any atom is 0.262 e. The Kier molecular flexibility index (Phi) is 4.95. The van der Waals surface area contributed by atoms with Gasteiger partial charge in [0.25, 0.3) is 5.91 Å². The van der Waals surface area contributed by atoms with Crippen LogP contribution in [-0.4, -0.2) is 25.9 Å². The van der Waals surface area contributed by atoms with Crippen molar-refractivity contribution < 1.29 is 19.1 Å². The molecule has 0 unspecified atom stereocenters. The van der Waals surface area contributed by atoms with Gasteiger partial charge in [0, 0.05) is 11.3 Å². The number of amides is 1. The molecule has 0 radical (unpaired) electrons. The van der Waals surface area contributed by atoms with Gasteiger partial charge in [0.1, 0.15) is 6.29 Å². The van der Waals surface area contributed by atoms with Crippen molar-refractivity contribution in [2.24, 2.45) is 0 Å². The van der Waals surface area contributed by atoms with E-state index >= 15 is 0 Å². The van der Waals surface area contributed by atoms with E-state index in [2.05, 4.69) is 5.32 Å². The third-order valence-electron chi connectivity index (χ3n) is 3.72. The molecule has 126 valence electrons. The number of nitrogens with one attached hydrogen (secondary N) is 1. The molecule has 3 aromatic carbocycles. The smallest absolute Gasteiger partial charge is 0.262 e. The number of anilines is 1. The van der Waals surface area contributed by atoms with E-state index in [1.54, 1.807) is 12.1 Å². The summed E-state index contributed by atoms with van der Waals surface area (Å²) in [5.74, 6) is 0.513. The fraction of sp³-hybridized carbons (Fsp3) is 0.100. The van der Waals surface area contributed by atoms with Gasteiger partial charge in [0.05, 0.1) is 7.11 Å². The van der Waals surface area contributed by atoms with Crippen molar-refractivity contribution in [2.75, 3.05) is 19.0 Å². The Labute approximate surface area is 145 Å². The van der Waals surface area contributed by atoms with E-state index in [4.69, 9.17) is 9.47 Å². The second-order valence-corrected chi connectivity index (χ2v) is 5.43. The Balaban J connectivity index is 1.67. The highest BCUT2D eigenvalue weighted by Gasteiger charge is 2.09. The molecular formula is C20H17NO4. The van der Waals surface area contributed by atoms with Crippen molar-refractivity contribution in [1.82, 2.24) is 0 Å². The van der Waals surface area contributed by atoms with Gasteiger partial charge in [-0.1, -0.05) is 30.3 Å². The van der Waals surface area contributed by atoms with Crippen molar-refractivity contribution in [3.05, 3.63) is 66.2 Å². The lowest BCUT2D eigenvalue weighted by Crippen LogP contribution is -2.20. The van der Waals surface area contributed by atoms with Crippen LogP contribution in [0.2, 0.25) is 0 Å². The molecule has 0 fully saturated rings. The number of benzene rings is 3. The number of fused-ring (bicyclic) bond motifs is 1. The molecule has 0 heterocycles. The van der Waals surface area contributed by atoms with Crippen LogP contribution in [0.1, 0.15) is 10.4 Å². The second kappa shape index (κ2) is 7.49. The summed E-state index contributed by atoms with van der Waals surface area (Å²) in [5, 5.41) is 4.94. The van der Waals surface area contributed by atoms with E-state index in [9.17, 15) is 9.59 Å². The Morgan fingerprint density at radius 2 is 1.80 bits per heavy atom. The lowest BCUT2D eigenvalue weighted by Gasteiger charge is -2.11. The lowest BCUT2D eigenvalue weighted by atomic mass is 10.1. The highest BCUT2D eigenvalue weighted by Crippen LogP contribution is 2.27. The molecule has 0 aliphatic rings. The number of hydrogen-bond acceptors (Lipinski definition) is 4. The monoisotopic (exact) mass is 335 g/mol. The second-order valence-electron chi connectivity index (χ2n) is 5.43. The first-order valence-electron chi connectivity index (χ1n) is 7.74. The average Bonchev–Trinajstić information content (AvgIpc) is 2.66. The summed E-state index contributed by atoms with van der Waals surface area (Å²) in [5.41, 5.74) is 1.15. The minimum atomic E-state index is -0.297. The first-order valence-corrected chi connectivity index (χ1v) is 7.74. The van der Waals surface area contributed by atoms with E-state index in [0.29, 0.717) is 29.0 Å². The molecule has 1 N–H and O–H groups in total. The highest BCUT2D eigenvalue weighted by molar-refractivity contribution is 5.95. The molecule has 1 amide bonds. The first-order chi connectivity index (χ1) is 12.2. The van der Waals surface area contributed by atoms with Crippen molar-refractivity contribution in [2.45, 2.75) is 0 Å². The van der Waals surface area contributed by atoms with Crippen molar-refractivity contribution >= 4 is 28.7 Å². The Hall–Kier alpha value is -3.34. The van der Waals surface area contributed by atoms with Crippen LogP contribution < -0.4 is 14.8 Å². The van der Waals surface area contributed by atoms with Crippen LogP contribution in [-0.2, 0) is 4.79 Å². The van der Waals surface area contributed by atoms with E-state index in [-0.39, 0.29) is 12.5 Å². The summed E-state index contributed by atoms with van der Waals surface area (Å²) < 4.78 is 10.7. The van der Waals surface area contributed by atoms with Gasteiger partial charge in [-0.2, -0.15) is 0 Å². The highest BCUT2D eigenvalue weighted by atomic mass is 16.5. The van der Waals surface area contributed by atoms with E-state index in [1.165, 1.54) is 13.2 Å². The fourth-order valence-electron chi connectivity index (χ4n) is 2.49. The third-order valence-corrected chi connectivity index (χ3v) is 3.72. The fourth-order valence-corrected chi connectivity index (χ4v) is 2.49. The molecule has 0 aromatic heterocycles. The topological polar surface area (TPSA) is 64.6 Å². The van der Waals surface area contributed by atoms with E-state index < -0.39 is 0 Å². The first kappa shape index (κ1) is 16.5. The maximum atomic E-state index is 12.1. The zero-order valence-electron chi connectivity index (χ0n) is 13.7. The molecule has 3 rings (SSSR count). The molecule has 0 aliphatic carbocycles. The standard InChI is InChI=1S/C20H17NO4/c1-24-18-9-6-14(12-22)10-19(18)25-13-20(23)21-17-8-7-15-4-2-3-5-16(15)11-17/h2-12H,13H2,1H3,(H,21,23). The minimum Gasteiger partial charge on any atom is -0.493 e. The third kappa shape index (κ3) is 3.95. The zero-order chi connectivity index (χ0) is 17.6. The number of rotatable bonds is 6. The molecule has 0 saturated heterocycles. The number of carbonyl (C=O) groups is 2. The maximum absolute atomic E-state index is 12.1. The van der Waals surface area contributed by atoms with Gasteiger partial charge in [0.15, 0.2) is 18.1 Å². The van der Waals surface area contributed by atoms with Crippen LogP contribution in [0.15, 0.2) is 60.7 Å². The largest absolute Gasteiger partial charge is 0.493 e. The number of carbonyl (C=O) groups excluding carboxylic acids is 2. The molecular weight excluding hydrogens is 318 g/mol. The van der Waals surface area contributed by atoms with Crippen molar-refractivity contribution in [3.8, 4) is 11.5 Å². The van der Waals surface area contributed by atoms with Gasteiger partial charge in [-0.25, -0.2) is 0 Å². The summed E-state index contributed by atoms with van der Waals surface area (Å²) in [6.45, 7) is -0.189. The molecule has 0 aliphatic heterocycles. The number of aldehydes is 1. The van der Waals surface area contributed by atoms with Gasteiger partial charge in [-0.05, 0) is 41.1 Å². The van der Waals surface area contributed by atoms with Gasteiger partial charge < -0.3 is 14.8 Å². The molecule has 0 atom stereocenters. The van der Waals surface area contributed by atoms with Crippen LogP contribution in [0, 0.1) is 0 Å². The summed E-state index contributed by atoms with van der Waals surface area (Å²) in [7, 11) is 1.50. The SMILES string of the molecule is COc1ccc(C=O)cc1OCC(=O)Nc1ccc2ccccc2c1. The molecule has 0 saturated carbocycles. The normalized spacial score (nSPS) is 10.3. The van der Waals surface area contributed by atoms with E-state index in [0.717, 1.165) is 10.8 Å². The summed E-state index contributed by atoms with van der Waals surface area (Å²) >= 11 is 0. The van der Waals surface area contributed by atoms with Gasteiger partial charge in [-0.3, -0.25) is 9.59 Å². The predicted octanol–water partition coefficient (Wildman–Crippen LogP) is 3.68. The van der Waals surface area contributed by atoms with Crippen LogP contribution in [0.25, 0.3) is 10.8 Å². The van der Waals surface area contributed by atoms with Gasteiger partial charge in [-0.15, -0.1) is 0 Å². The molecule has 3 aromatic rings. The molecule has 0 bridgehead atoms. The van der Waals surface area contributed by atoms with Crippen LogP contribution >= 0.6 is 0 Å². The number of ether oxygens (including phenoxy) is 2. The predicted molar refractivity (Wildman–Crippen MR) is 96.5 cm³/mol. The summed E-state index contributed by atoms with van der Waals surface area (Å²) in [4.78, 5) is 23.0. The minimum absolute atomic E-state index is 0.189. The Morgan fingerprint density at radius 3 is 2.56 bits per heavy atom. The Bertz CT molecular complexity index is 920. The quantitative estimate of drug-likeness (QED) is 0.698. The lowest BCUT2D eigenvalue weighted by molar-refractivity contribution is -0.118. The van der Waals surface area contributed by atoms with Crippen molar-refractivity contribution in [3.63, 3.8) is 0 Å². The molecule has 5 heteroatoms. The molecule has 0 spiro atoms. The molecule has 25 heavy (non-hydrogen) atoms. The van der Waals surface area contributed by atoms with Gasteiger partial charge >= 0.3 is 0 Å². The van der Waals surface area contributed by atoms with Crippen LogP contribution in [0.4, 0.5) is 5.69 Å². The Morgan fingerprint density at radius 1 is 1.00 bits per heavy atom.